The molecule has 0 aliphatic heterocycles. The number of hydrogen-bond donors (Lipinski definition) is 1. The van der Waals surface area contributed by atoms with Crippen LogP contribution in [0.3, 0.4) is 0 Å². The van der Waals surface area contributed by atoms with Crippen molar-refractivity contribution < 1.29 is 23.9 Å². The summed E-state index contributed by atoms with van der Waals surface area (Å²) in [7, 11) is 0. The minimum Gasteiger partial charge on any atom is -0.459 e. The number of ether oxygens (including phenoxy) is 2. The number of Topliss-reactive ketones (excluding diaryl/α,β-unsaturated/α-hetero) is 1. The van der Waals surface area contributed by atoms with Crippen LogP contribution in [0, 0.1) is 6.92 Å². The van der Waals surface area contributed by atoms with Crippen molar-refractivity contribution in [2.24, 2.45) is 5.73 Å². The van der Waals surface area contributed by atoms with Crippen molar-refractivity contribution in [2.75, 3.05) is 6.54 Å². The maximum absolute atomic E-state index is 12.6. The normalized spacial score (nSPS) is 11.0. The van der Waals surface area contributed by atoms with Gasteiger partial charge in [0.1, 0.15) is 0 Å². The number of hydrogen-bond acceptors (Lipinski definition) is 6. The molecule has 1 aromatic heterocycles. The van der Waals surface area contributed by atoms with Crippen molar-refractivity contribution in [2.45, 2.75) is 46.8 Å². The molecule has 150 valence electrons. The van der Waals surface area contributed by atoms with Crippen LogP contribution >= 0.6 is 0 Å². The Morgan fingerprint density at radius 1 is 0.964 bits per heavy atom. The van der Waals surface area contributed by atoms with E-state index < -0.39 is 11.9 Å². The molecule has 0 aliphatic carbocycles. The number of rotatable bonds is 7. The molecule has 7 nitrogen and oxygen atoms in total. The van der Waals surface area contributed by atoms with E-state index in [9.17, 15) is 14.4 Å². The van der Waals surface area contributed by atoms with Gasteiger partial charge in [0.25, 0.3) is 0 Å². The first-order valence-electron chi connectivity index (χ1n) is 9.13. The molecule has 0 atom stereocenters. The second-order valence-electron chi connectivity index (χ2n) is 6.96. The number of benzene rings is 1. The van der Waals surface area contributed by atoms with Gasteiger partial charge in [0, 0.05) is 23.1 Å². The van der Waals surface area contributed by atoms with E-state index in [4.69, 9.17) is 15.2 Å². The first-order chi connectivity index (χ1) is 13.1. The van der Waals surface area contributed by atoms with Gasteiger partial charge in [-0.05, 0) is 58.9 Å². The van der Waals surface area contributed by atoms with Crippen LogP contribution in [0.4, 0.5) is 0 Å². The standard InChI is InChI=1S/C21H26N2O5/c1-12(2)27-20(25)17-11-23(14(5)19(17)21(26)28-13(3)4)16-8-6-15(7-9-16)18(24)10-22/h6-9,11-13H,10,22H2,1-5H3. The average Bonchev–Trinajstić information content (AvgIpc) is 2.97. The summed E-state index contributed by atoms with van der Waals surface area (Å²) in [5, 5.41) is 0. The SMILES string of the molecule is Cc1c(C(=O)OC(C)C)c(C(=O)OC(C)C)cn1-c1ccc(C(=O)CN)cc1. The summed E-state index contributed by atoms with van der Waals surface area (Å²) in [6.07, 6.45) is 0.897. The summed E-state index contributed by atoms with van der Waals surface area (Å²) in [6.45, 7) is 8.61. The Labute approximate surface area is 164 Å². The van der Waals surface area contributed by atoms with Crippen LogP contribution in [0.15, 0.2) is 30.5 Å². The Morgan fingerprint density at radius 2 is 1.50 bits per heavy atom. The molecule has 0 saturated carbocycles. The highest BCUT2D eigenvalue weighted by Crippen LogP contribution is 2.24. The molecule has 0 spiro atoms. The van der Waals surface area contributed by atoms with E-state index >= 15 is 0 Å². The van der Waals surface area contributed by atoms with Gasteiger partial charge < -0.3 is 19.8 Å². The molecule has 0 bridgehead atoms. The fraction of sp³-hybridized carbons (Fsp3) is 0.381. The van der Waals surface area contributed by atoms with Crippen LogP contribution in [0.1, 0.15) is 64.5 Å². The quantitative estimate of drug-likeness (QED) is 0.580. The third-order valence-electron chi connectivity index (χ3n) is 4.01. The molecule has 7 heteroatoms. The Hall–Kier alpha value is -2.93. The lowest BCUT2D eigenvalue weighted by Crippen LogP contribution is -2.18. The summed E-state index contributed by atoms with van der Waals surface area (Å²) >= 11 is 0. The van der Waals surface area contributed by atoms with Gasteiger partial charge in [-0.15, -0.1) is 0 Å². The highest BCUT2D eigenvalue weighted by molar-refractivity contribution is 6.04. The summed E-state index contributed by atoms with van der Waals surface area (Å²) in [5.41, 5.74) is 7.42. The van der Waals surface area contributed by atoms with Gasteiger partial charge in [-0.1, -0.05) is 0 Å². The second-order valence-corrected chi connectivity index (χ2v) is 6.96. The number of nitrogens with two attached hydrogens (primary N) is 1. The molecule has 0 amide bonds. The van der Waals surface area contributed by atoms with Gasteiger partial charge in [-0.2, -0.15) is 0 Å². The molecule has 1 heterocycles. The van der Waals surface area contributed by atoms with Crippen LogP contribution < -0.4 is 5.73 Å². The van der Waals surface area contributed by atoms with Crippen LogP contribution in [-0.4, -0.2) is 41.0 Å². The molecule has 0 aliphatic rings. The van der Waals surface area contributed by atoms with Gasteiger partial charge in [-0.25, -0.2) is 9.59 Å². The monoisotopic (exact) mass is 386 g/mol. The van der Waals surface area contributed by atoms with Crippen molar-refractivity contribution in [3.05, 3.63) is 52.8 Å². The topological polar surface area (TPSA) is 101 Å². The molecule has 1 aromatic carbocycles. The summed E-state index contributed by atoms with van der Waals surface area (Å²) in [4.78, 5) is 36.9. The van der Waals surface area contributed by atoms with Gasteiger partial charge in [0.2, 0.25) is 0 Å². The number of ketones is 1. The van der Waals surface area contributed by atoms with Crippen molar-refractivity contribution >= 4 is 17.7 Å². The molecule has 0 unspecified atom stereocenters. The minimum absolute atomic E-state index is 0.0712. The highest BCUT2D eigenvalue weighted by Gasteiger charge is 2.27. The zero-order valence-electron chi connectivity index (χ0n) is 16.8. The van der Waals surface area contributed by atoms with Crippen LogP contribution in [-0.2, 0) is 9.47 Å². The third-order valence-corrected chi connectivity index (χ3v) is 4.01. The Kier molecular flexibility index (Phi) is 6.75. The maximum atomic E-state index is 12.6. The summed E-state index contributed by atoms with van der Waals surface area (Å²) in [6, 6.07) is 6.76. The van der Waals surface area contributed by atoms with Crippen LogP contribution in [0.25, 0.3) is 5.69 Å². The smallest absolute Gasteiger partial charge is 0.341 e. The van der Waals surface area contributed by atoms with Gasteiger partial charge in [0.05, 0.1) is 29.9 Å². The molecule has 0 fully saturated rings. The van der Waals surface area contributed by atoms with Crippen molar-refractivity contribution in [3.63, 3.8) is 0 Å². The fourth-order valence-corrected chi connectivity index (χ4v) is 2.76. The average molecular weight is 386 g/mol. The first kappa shape index (κ1) is 21.4. The highest BCUT2D eigenvalue weighted by atomic mass is 16.5. The molecule has 2 N–H and O–H groups in total. The minimum atomic E-state index is -0.595. The largest absolute Gasteiger partial charge is 0.459 e. The molecule has 0 saturated heterocycles. The van der Waals surface area contributed by atoms with Crippen LogP contribution in [0.2, 0.25) is 0 Å². The molecule has 2 rings (SSSR count). The lowest BCUT2D eigenvalue weighted by molar-refractivity contribution is 0.0328. The lowest BCUT2D eigenvalue weighted by atomic mass is 10.1. The predicted molar refractivity (Wildman–Crippen MR) is 105 cm³/mol. The number of carbonyl (C=O) groups is 3. The van der Waals surface area contributed by atoms with E-state index in [0.29, 0.717) is 16.9 Å². The Balaban J connectivity index is 2.53. The zero-order chi connectivity index (χ0) is 21.0. The van der Waals surface area contributed by atoms with Gasteiger partial charge >= 0.3 is 11.9 Å². The molecule has 2 aromatic rings. The van der Waals surface area contributed by atoms with Gasteiger partial charge in [-0.3, -0.25) is 4.79 Å². The van der Waals surface area contributed by atoms with E-state index in [2.05, 4.69) is 0 Å². The van der Waals surface area contributed by atoms with E-state index in [1.807, 2.05) is 0 Å². The Bertz CT molecular complexity index is 879. The Morgan fingerprint density at radius 3 is 2.00 bits per heavy atom. The first-order valence-corrected chi connectivity index (χ1v) is 9.13. The van der Waals surface area contributed by atoms with Crippen molar-refractivity contribution in [3.8, 4) is 5.69 Å². The number of carbonyl (C=O) groups excluding carboxylic acids is 3. The summed E-state index contributed by atoms with van der Waals surface area (Å²) in [5.74, 6) is -1.35. The lowest BCUT2D eigenvalue weighted by Gasteiger charge is -2.11. The van der Waals surface area contributed by atoms with Gasteiger partial charge in [0.15, 0.2) is 5.78 Å². The van der Waals surface area contributed by atoms with E-state index in [0.717, 1.165) is 0 Å². The van der Waals surface area contributed by atoms with Crippen molar-refractivity contribution in [1.82, 2.24) is 4.57 Å². The summed E-state index contributed by atoms with van der Waals surface area (Å²) < 4.78 is 12.3. The van der Waals surface area contributed by atoms with E-state index in [1.54, 1.807) is 69.6 Å². The predicted octanol–water partition coefficient (Wildman–Crippen LogP) is 3.06. The maximum Gasteiger partial charge on any atom is 0.341 e. The number of esters is 2. The number of nitrogens with zero attached hydrogens (tertiary/aromatic N) is 1. The van der Waals surface area contributed by atoms with Crippen molar-refractivity contribution in [1.29, 1.82) is 0 Å². The molecule has 28 heavy (non-hydrogen) atoms. The second kappa shape index (κ2) is 8.84. The van der Waals surface area contributed by atoms with Crippen LogP contribution in [0.5, 0.6) is 0 Å². The molecular weight excluding hydrogens is 360 g/mol. The van der Waals surface area contributed by atoms with E-state index in [-0.39, 0.29) is 35.7 Å². The number of aromatic nitrogens is 1. The molecule has 0 radical (unpaired) electrons. The molecular formula is C21H26N2O5. The van der Waals surface area contributed by atoms with E-state index in [1.165, 1.54) is 0 Å². The third kappa shape index (κ3) is 4.67. The fourth-order valence-electron chi connectivity index (χ4n) is 2.76. The zero-order valence-corrected chi connectivity index (χ0v) is 16.8.